The number of fused-ring (bicyclic) bond motifs is 1. The number of benzene rings is 2. The Balaban J connectivity index is 1.57. The maximum Gasteiger partial charge on any atom is 0.240 e. The van der Waals surface area contributed by atoms with Crippen LogP contribution in [0.25, 0.3) is 0 Å². The Morgan fingerprint density at radius 2 is 1.73 bits per heavy atom. The highest BCUT2D eigenvalue weighted by Gasteiger charge is 2.27. The summed E-state index contributed by atoms with van der Waals surface area (Å²) in [5.74, 6) is -0.208. The average molecular weight is 372 g/mol. The molecule has 1 atom stereocenters. The van der Waals surface area contributed by atoms with Crippen LogP contribution in [0.1, 0.15) is 23.6 Å². The van der Waals surface area contributed by atoms with Gasteiger partial charge in [0.2, 0.25) is 15.9 Å². The second-order valence-corrected chi connectivity index (χ2v) is 8.55. The Labute approximate surface area is 155 Å². The van der Waals surface area contributed by atoms with Crippen molar-refractivity contribution < 1.29 is 13.2 Å². The lowest BCUT2D eigenvalue weighted by Crippen LogP contribution is -2.48. The second kappa shape index (κ2) is 8.01. The third-order valence-corrected chi connectivity index (χ3v) is 6.13. The standard InChI is InChI=1S/C20H24N2O3S/c1-16(21-26(24,25)14-12-17-7-3-2-4-8-17)20(23)22-13-11-18-9-5-6-10-19(18)15-22/h2-10,16,21H,11-15H2,1H3/t16-/m1/s1. The molecule has 138 valence electrons. The number of hydrogen-bond acceptors (Lipinski definition) is 3. The molecule has 5 nitrogen and oxygen atoms in total. The summed E-state index contributed by atoms with van der Waals surface area (Å²) in [5, 5.41) is 0. The molecule has 0 fully saturated rings. The molecular formula is C20H24N2O3S. The molecule has 1 N–H and O–H groups in total. The Bertz CT molecular complexity index is 866. The number of sulfonamides is 1. The molecule has 1 aliphatic rings. The number of nitrogens with zero attached hydrogens (tertiary/aromatic N) is 1. The molecule has 6 heteroatoms. The maximum atomic E-state index is 12.7. The summed E-state index contributed by atoms with van der Waals surface area (Å²) in [7, 11) is -3.52. The minimum atomic E-state index is -3.52. The largest absolute Gasteiger partial charge is 0.337 e. The number of amides is 1. The number of nitrogens with one attached hydrogen (secondary N) is 1. The van der Waals surface area contributed by atoms with E-state index in [9.17, 15) is 13.2 Å². The van der Waals surface area contributed by atoms with Gasteiger partial charge < -0.3 is 4.90 Å². The monoisotopic (exact) mass is 372 g/mol. The number of rotatable bonds is 6. The molecule has 26 heavy (non-hydrogen) atoms. The van der Waals surface area contributed by atoms with Crippen LogP contribution in [0.15, 0.2) is 54.6 Å². The summed E-state index contributed by atoms with van der Waals surface area (Å²) >= 11 is 0. The molecule has 0 saturated heterocycles. The number of hydrogen-bond donors (Lipinski definition) is 1. The van der Waals surface area contributed by atoms with Crippen LogP contribution < -0.4 is 4.72 Å². The predicted octanol–water partition coefficient (Wildman–Crippen LogP) is 2.12. The van der Waals surface area contributed by atoms with Crippen LogP contribution in [0.2, 0.25) is 0 Å². The van der Waals surface area contributed by atoms with Crippen LogP contribution >= 0.6 is 0 Å². The minimum absolute atomic E-state index is 0.0303. The molecule has 1 aliphatic heterocycles. The second-order valence-electron chi connectivity index (χ2n) is 6.67. The van der Waals surface area contributed by atoms with Gasteiger partial charge in [-0.3, -0.25) is 4.79 Å². The SMILES string of the molecule is C[C@@H](NS(=O)(=O)CCc1ccccc1)C(=O)N1CCc2ccccc2C1. The fourth-order valence-electron chi connectivity index (χ4n) is 3.23. The summed E-state index contributed by atoms with van der Waals surface area (Å²) in [4.78, 5) is 14.4. The van der Waals surface area contributed by atoms with E-state index >= 15 is 0 Å². The number of aryl methyl sites for hydroxylation is 1. The van der Waals surface area contributed by atoms with Gasteiger partial charge in [-0.1, -0.05) is 54.6 Å². The molecule has 0 aliphatic carbocycles. The Morgan fingerprint density at radius 3 is 2.46 bits per heavy atom. The first-order valence-electron chi connectivity index (χ1n) is 8.84. The molecule has 2 aromatic carbocycles. The third kappa shape index (κ3) is 4.71. The van der Waals surface area contributed by atoms with Crippen LogP contribution in [0.3, 0.4) is 0 Å². The van der Waals surface area contributed by atoms with E-state index in [1.807, 2.05) is 48.5 Å². The van der Waals surface area contributed by atoms with Crippen LogP contribution in [-0.2, 0) is 34.2 Å². The zero-order valence-corrected chi connectivity index (χ0v) is 15.7. The van der Waals surface area contributed by atoms with Crippen LogP contribution in [0, 0.1) is 0 Å². The lowest BCUT2D eigenvalue weighted by atomic mass is 9.99. The smallest absolute Gasteiger partial charge is 0.240 e. The lowest BCUT2D eigenvalue weighted by molar-refractivity contribution is -0.133. The fraction of sp³-hybridized carbons (Fsp3) is 0.350. The lowest BCUT2D eigenvalue weighted by Gasteiger charge is -2.31. The maximum absolute atomic E-state index is 12.7. The van der Waals surface area contributed by atoms with Crippen molar-refractivity contribution in [3.05, 3.63) is 71.3 Å². The zero-order valence-electron chi connectivity index (χ0n) is 14.9. The highest BCUT2D eigenvalue weighted by atomic mass is 32.2. The highest BCUT2D eigenvalue weighted by molar-refractivity contribution is 7.89. The summed E-state index contributed by atoms with van der Waals surface area (Å²) in [6.07, 6.45) is 1.23. The van der Waals surface area contributed by atoms with E-state index in [-0.39, 0.29) is 11.7 Å². The summed E-state index contributed by atoms with van der Waals surface area (Å²) in [5.41, 5.74) is 3.35. The average Bonchev–Trinajstić information content (AvgIpc) is 2.66. The van der Waals surface area contributed by atoms with Crippen molar-refractivity contribution in [2.24, 2.45) is 0 Å². The summed E-state index contributed by atoms with van der Waals surface area (Å²) in [6.45, 7) is 2.76. The van der Waals surface area contributed by atoms with Crippen molar-refractivity contribution in [3.63, 3.8) is 0 Å². The number of carbonyl (C=O) groups excluding carboxylic acids is 1. The molecule has 0 spiro atoms. The van der Waals surface area contributed by atoms with Crippen molar-refractivity contribution in [2.45, 2.75) is 32.4 Å². The van der Waals surface area contributed by atoms with Crippen LogP contribution in [-0.4, -0.2) is 37.6 Å². The Morgan fingerprint density at radius 1 is 1.08 bits per heavy atom. The fourth-order valence-corrected chi connectivity index (χ4v) is 4.50. The Kier molecular flexibility index (Phi) is 5.74. The first-order chi connectivity index (χ1) is 12.4. The molecule has 0 radical (unpaired) electrons. The first kappa shape index (κ1) is 18.6. The molecule has 3 rings (SSSR count). The topological polar surface area (TPSA) is 66.5 Å². The molecule has 2 aromatic rings. The summed E-state index contributed by atoms with van der Waals surface area (Å²) in [6, 6.07) is 16.8. The van der Waals surface area contributed by atoms with Crippen molar-refractivity contribution in [1.82, 2.24) is 9.62 Å². The van der Waals surface area contributed by atoms with E-state index < -0.39 is 16.1 Å². The molecule has 0 saturated carbocycles. The van der Waals surface area contributed by atoms with Gasteiger partial charge in [-0.05, 0) is 36.5 Å². The Hall–Kier alpha value is -2.18. The van der Waals surface area contributed by atoms with Gasteiger partial charge in [-0.25, -0.2) is 13.1 Å². The quantitative estimate of drug-likeness (QED) is 0.845. The van der Waals surface area contributed by atoms with Gasteiger partial charge in [0.05, 0.1) is 11.8 Å². The van der Waals surface area contributed by atoms with Gasteiger partial charge in [0.1, 0.15) is 0 Å². The molecule has 1 heterocycles. The van der Waals surface area contributed by atoms with Crippen molar-refractivity contribution in [3.8, 4) is 0 Å². The van der Waals surface area contributed by atoms with E-state index in [4.69, 9.17) is 0 Å². The van der Waals surface area contributed by atoms with Crippen LogP contribution in [0.5, 0.6) is 0 Å². The minimum Gasteiger partial charge on any atom is -0.337 e. The zero-order chi connectivity index (χ0) is 18.6. The predicted molar refractivity (Wildman–Crippen MR) is 102 cm³/mol. The molecule has 0 bridgehead atoms. The molecule has 1 amide bonds. The van der Waals surface area contributed by atoms with E-state index in [1.54, 1.807) is 11.8 Å². The molecule has 0 unspecified atom stereocenters. The summed E-state index contributed by atoms with van der Waals surface area (Å²) < 4.78 is 27.2. The van der Waals surface area contributed by atoms with Gasteiger partial charge in [-0.2, -0.15) is 0 Å². The van der Waals surface area contributed by atoms with Crippen LogP contribution in [0.4, 0.5) is 0 Å². The van der Waals surface area contributed by atoms with Crippen molar-refractivity contribution >= 4 is 15.9 Å². The third-order valence-electron chi connectivity index (χ3n) is 4.67. The van der Waals surface area contributed by atoms with E-state index in [2.05, 4.69) is 10.8 Å². The normalized spacial score (nSPS) is 15.3. The van der Waals surface area contributed by atoms with Crippen molar-refractivity contribution in [2.75, 3.05) is 12.3 Å². The van der Waals surface area contributed by atoms with Gasteiger partial charge in [-0.15, -0.1) is 0 Å². The van der Waals surface area contributed by atoms with Gasteiger partial charge in [0.15, 0.2) is 0 Å². The van der Waals surface area contributed by atoms with E-state index in [0.717, 1.165) is 17.5 Å². The van der Waals surface area contributed by atoms with Gasteiger partial charge in [0, 0.05) is 13.1 Å². The highest BCUT2D eigenvalue weighted by Crippen LogP contribution is 2.19. The van der Waals surface area contributed by atoms with Gasteiger partial charge in [0.25, 0.3) is 0 Å². The van der Waals surface area contributed by atoms with E-state index in [0.29, 0.717) is 19.5 Å². The number of carbonyl (C=O) groups is 1. The van der Waals surface area contributed by atoms with Gasteiger partial charge >= 0.3 is 0 Å². The van der Waals surface area contributed by atoms with Crippen molar-refractivity contribution in [1.29, 1.82) is 0 Å². The first-order valence-corrected chi connectivity index (χ1v) is 10.5. The molecule has 0 aromatic heterocycles. The molecular weight excluding hydrogens is 348 g/mol. The van der Waals surface area contributed by atoms with E-state index in [1.165, 1.54) is 5.56 Å².